The molecular weight excluding hydrogens is 198 g/mol. The minimum atomic E-state index is 0. The molecule has 0 spiro atoms. The van der Waals surface area contributed by atoms with E-state index in [4.69, 9.17) is 0 Å². The van der Waals surface area contributed by atoms with Gasteiger partial charge >= 0.3 is 0 Å². The van der Waals surface area contributed by atoms with Gasteiger partial charge in [0.1, 0.15) is 0 Å². The average Bonchev–Trinajstić information content (AvgIpc) is 2.16. The van der Waals surface area contributed by atoms with Gasteiger partial charge in [0.05, 0.1) is 20.0 Å². The first-order chi connectivity index (χ1) is 6.91. The first-order valence-corrected chi connectivity index (χ1v) is 6.14. The van der Waals surface area contributed by atoms with Crippen molar-refractivity contribution >= 4 is 0 Å². The van der Waals surface area contributed by atoms with Crippen molar-refractivity contribution in [1.29, 1.82) is 0 Å². The molecule has 3 heteroatoms. The van der Waals surface area contributed by atoms with Crippen molar-refractivity contribution in [1.82, 2.24) is 14.7 Å². The van der Waals surface area contributed by atoms with Crippen LogP contribution < -0.4 is 0 Å². The summed E-state index contributed by atoms with van der Waals surface area (Å²) in [6.07, 6.45) is 0. The van der Waals surface area contributed by atoms with Crippen molar-refractivity contribution in [3.05, 3.63) is 0 Å². The first kappa shape index (κ1) is 15.9. The fraction of sp³-hybridized carbons (Fsp3) is 1.00. The molecule has 0 aromatic rings. The molecule has 0 aliphatic carbocycles. The highest BCUT2D eigenvalue weighted by molar-refractivity contribution is 4.75. The molecule has 0 unspecified atom stereocenters. The second-order valence-corrected chi connectivity index (χ2v) is 5.47. The first-order valence-electron chi connectivity index (χ1n) is 6.14. The maximum Gasteiger partial charge on any atom is 0.0535 e. The monoisotopic (exact) mass is 229 g/mol. The van der Waals surface area contributed by atoms with E-state index < -0.39 is 0 Å². The Hall–Kier alpha value is -0.120. The molecule has 1 fully saturated rings. The fourth-order valence-electron chi connectivity index (χ4n) is 1.81. The minimum Gasteiger partial charge on any atom is -0.275 e. The Kier molecular flexibility index (Phi) is 6.53. The predicted molar refractivity (Wildman–Crippen MR) is 72.3 cm³/mol. The number of hydrogen-bond acceptors (Lipinski definition) is 3. The quantitative estimate of drug-likeness (QED) is 0.736. The lowest BCUT2D eigenvalue weighted by Crippen LogP contribution is -2.59. The van der Waals surface area contributed by atoms with Crippen LogP contribution in [0.25, 0.3) is 0 Å². The van der Waals surface area contributed by atoms with E-state index in [2.05, 4.69) is 56.2 Å². The molecule has 1 rings (SSSR count). The van der Waals surface area contributed by atoms with Crippen LogP contribution in [0.5, 0.6) is 0 Å². The minimum absolute atomic E-state index is 0. The molecular formula is C13H31N3. The lowest BCUT2D eigenvalue weighted by molar-refractivity contribution is -0.0698. The van der Waals surface area contributed by atoms with E-state index in [1.54, 1.807) is 0 Å². The van der Waals surface area contributed by atoms with Gasteiger partial charge < -0.3 is 0 Å². The van der Waals surface area contributed by atoms with Gasteiger partial charge in [0, 0.05) is 18.1 Å². The van der Waals surface area contributed by atoms with E-state index in [1.165, 1.54) is 0 Å². The topological polar surface area (TPSA) is 9.72 Å². The van der Waals surface area contributed by atoms with Gasteiger partial charge in [-0.05, 0) is 41.5 Å². The van der Waals surface area contributed by atoms with Crippen LogP contribution in [-0.2, 0) is 0 Å². The Bertz CT molecular complexity index is 150. The summed E-state index contributed by atoms with van der Waals surface area (Å²) in [6, 6.07) is 1.90. The Balaban J connectivity index is 0.00000225. The summed E-state index contributed by atoms with van der Waals surface area (Å²) in [7, 11) is 0. The number of hydrogen-bond donors (Lipinski definition) is 0. The van der Waals surface area contributed by atoms with E-state index in [1.807, 2.05) is 0 Å². The average molecular weight is 229 g/mol. The zero-order valence-corrected chi connectivity index (χ0v) is 11.2. The van der Waals surface area contributed by atoms with Crippen LogP contribution in [0.2, 0.25) is 0 Å². The van der Waals surface area contributed by atoms with Crippen LogP contribution in [-0.4, -0.2) is 52.8 Å². The molecule has 1 aliphatic rings. The SMILES string of the molecule is C.CC(C)N1CN(C(C)C)CN(C(C)C)C1. The van der Waals surface area contributed by atoms with Crippen LogP contribution in [0, 0.1) is 0 Å². The molecule has 0 radical (unpaired) electrons. The van der Waals surface area contributed by atoms with Crippen molar-refractivity contribution in [2.75, 3.05) is 20.0 Å². The largest absolute Gasteiger partial charge is 0.275 e. The van der Waals surface area contributed by atoms with Crippen LogP contribution in [0.4, 0.5) is 0 Å². The van der Waals surface area contributed by atoms with Gasteiger partial charge in [-0.1, -0.05) is 7.43 Å². The molecule has 98 valence electrons. The van der Waals surface area contributed by atoms with Crippen LogP contribution >= 0.6 is 0 Å². The molecule has 0 atom stereocenters. The van der Waals surface area contributed by atoms with Gasteiger partial charge in [0.25, 0.3) is 0 Å². The van der Waals surface area contributed by atoms with Gasteiger partial charge in [0.2, 0.25) is 0 Å². The van der Waals surface area contributed by atoms with Crippen molar-refractivity contribution in [2.45, 2.75) is 67.1 Å². The van der Waals surface area contributed by atoms with Crippen LogP contribution in [0.15, 0.2) is 0 Å². The molecule has 0 bridgehead atoms. The zero-order valence-electron chi connectivity index (χ0n) is 11.2. The highest BCUT2D eigenvalue weighted by Gasteiger charge is 2.27. The fourth-order valence-corrected chi connectivity index (χ4v) is 1.81. The summed E-state index contributed by atoms with van der Waals surface area (Å²) in [6.45, 7) is 17.0. The van der Waals surface area contributed by atoms with Crippen LogP contribution in [0.3, 0.4) is 0 Å². The zero-order chi connectivity index (χ0) is 11.6. The standard InChI is InChI=1S/C12H27N3.CH4/c1-10(2)13-7-14(11(3)4)9-15(8-13)12(5)6;/h10-12H,7-9H2,1-6H3;1H4. The maximum absolute atomic E-state index is 2.53. The highest BCUT2D eigenvalue weighted by Crippen LogP contribution is 2.15. The molecule has 16 heavy (non-hydrogen) atoms. The summed E-state index contributed by atoms with van der Waals surface area (Å²) in [5.41, 5.74) is 0. The summed E-state index contributed by atoms with van der Waals surface area (Å²) in [4.78, 5) is 7.59. The molecule has 1 saturated heterocycles. The van der Waals surface area contributed by atoms with Gasteiger partial charge in [-0.2, -0.15) is 0 Å². The molecule has 3 nitrogen and oxygen atoms in total. The van der Waals surface area contributed by atoms with Crippen molar-refractivity contribution < 1.29 is 0 Å². The lowest BCUT2D eigenvalue weighted by Gasteiger charge is -2.47. The normalized spacial score (nSPS) is 20.8. The second kappa shape index (κ2) is 6.58. The van der Waals surface area contributed by atoms with E-state index in [-0.39, 0.29) is 7.43 Å². The highest BCUT2D eigenvalue weighted by atomic mass is 15.5. The Morgan fingerprint density at radius 1 is 0.562 bits per heavy atom. The van der Waals surface area contributed by atoms with E-state index in [0.29, 0.717) is 18.1 Å². The van der Waals surface area contributed by atoms with Gasteiger partial charge in [-0.25, -0.2) is 0 Å². The van der Waals surface area contributed by atoms with E-state index in [9.17, 15) is 0 Å². The van der Waals surface area contributed by atoms with Crippen molar-refractivity contribution in [2.24, 2.45) is 0 Å². The molecule has 0 aromatic heterocycles. The molecule has 1 heterocycles. The lowest BCUT2D eigenvalue weighted by atomic mass is 10.2. The number of nitrogens with zero attached hydrogens (tertiary/aromatic N) is 3. The van der Waals surface area contributed by atoms with E-state index >= 15 is 0 Å². The second-order valence-electron chi connectivity index (χ2n) is 5.47. The third-order valence-electron chi connectivity index (χ3n) is 3.28. The summed E-state index contributed by atoms with van der Waals surface area (Å²) in [5.74, 6) is 0. The Morgan fingerprint density at radius 3 is 0.875 bits per heavy atom. The maximum atomic E-state index is 2.53. The van der Waals surface area contributed by atoms with Gasteiger partial charge in [0.15, 0.2) is 0 Å². The van der Waals surface area contributed by atoms with Gasteiger partial charge in [-0.3, -0.25) is 14.7 Å². The summed E-state index contributed by atoms with van der Waals surface area (Å²) in [5, 5.41) is 0. The Labute approximate surface area is 102 Å². The van der Waals surface area contributed by atoms with Crippen molar-refractivity contribution in [3.63, 3.8) is 0 Å². The van der Waals surface area contributed by atoms with E-state index in [0.717, 1.165) is 20.0 Å². The third kappa shape index (κ3) is 4.04. The summed E-state index contributed by atoms with van der Waals surface area (Å²) < 4.78 is 0. The predicted octanol–water partition coefficient (Wildman–Crippen LogP) is 2.64. The summed E-state index contributed by atoms with van der Waals surface area (Å²) >= 11 is 0. The third-order valence-corrected chi connectivity index (χ3v) is 3.28. The Morgan fingerprint density at radius 2 is 0.750 bits per heavy atom. The molecule has 0 aromatic carbocycles. The smallest absolute Gasteiger partial charge is 0.0535 e. The van der Waals surface area contributed by atoms with Gasteiger partial charge in [-0.15, -0.1) is 0 Å². The molecule has 0 saturated carbocycles. The molecule has 0 amide bonds. The molecule has 1 aliphatic heterocycles. The van der Waals surface area contributed by atoms with Crippen LogP contribution in [0.1, 0.15) is 49.0 Å². The molecule has 0 N–H and O–H groups in total. The number of rotatable bonds is 3. The van der Waals surface area contributed by atoms with Crippen molar-refractivity contribution in [3.8, 4) is 0 Å².